The molecule has 2 aromatic rings. The Labute approximate surface area is 126 Å². The van der Waals surface area contributed by atoms with E-state index in [2.05, 4.69) is 0 Å². The van der Waals surface area contributed by atoms with Crippen LogP contribution in [0.25, 0.3) is 5.76 Å². The molecule has 0 bridgehead atoms. The van der Waals surface area contributed by atoms with Crippen LogP contribution in [0.3, 0.4) is 0 Å². The molecule has 22 heavy (non-hydrogen) atoms. The summed E-state index contributed by atoms with van der Waals surface area (Å²) in [6, 6.07) is 10.7. The van der Waals surface area contributed by atoms with E-state index in [0.29, 0.717) is 24.1 Å². The molecule has 6 nitrogen and oxygen atoms in total. The number of aromatic nitrogens is 1. The first-order chi connectivity index (χ1) is 10.5. The van der Waals surface area contributed by atoms with Crippen molar-refractivity contribution in [2.24, 2.45) is 0 Å². The number of aliphatic hydroxyl groups excluding tert-OH is 1. The molecule has 0 radical (unpaired) electrons. The number of ether oxygens (including phenoxy) is 1. The van der Waals surface area contributed by atoms with Gasteiger partial charge in [0.2, 0.25) is 0 Å². The third-order valence-electron chi connectivity index (χ3n) is 3.06. The highest BCUT2D eigenvalue weighted by molar-refractivity contribution is 6.38. The first-order valence-electron chi connectivity index (χ1n) is 6.47. The molecule has 0 fully saturated rings. The molecule has 2 N–H and O–H groups in total. The van der Waals surface area contributed by atoms with E-state index in [4.69, 9.17) is 9.84 Å². The number of rotatable bonds is 6. The average Bonchev–Trinajstić information content (AvgIpc) is 2.95. The Hall–Kier alpha value is -3.02. The molecule has 0 atom stereocenters. The molecular weight excluding hydrogens is 286 g/mol. The first-order valence-corrected chi connectivity index (χ1v) is 6.47. The van der Waals surface area contributed by atoms with Crippen molar-refractivity contribution in [3.8, 4) is 5.75 Å². The maximum Gasteiger partial charge on any atom is 0.376 e. The molecule has 0 amide bonds. The maximum absolute atomic E-state index is 11.1. The average molecular weight is 301 g/mol. The van der Waals surface area contributed by atoms with Crippen molar-refractivity contribution in [1.29, 1.82) is 0 Å². The normalized spacial score (nSPS) is 11.2. The van der Waals surface area contributed by atoms with Gasteiger partial charge in [-0.15, -0.1) is 0 Å². The Kier molecular flexibility index (Phi) is 4.63. The van der Waals surface area contributed by atoms with E-state index < -0.39 is 11.8 Å². The first kappa shape index (κ1) is 15.4. The molecule has 0 spiro atoms. The van der Waals surface area contributed by atoms with E-state index in [1.165, 1.54) is 0 Å². The maximum atomic E-state index is 11.1. The predicted octanol–water partition coefficient (Wildman–Crippen LogP) is 2.10. The zero-order valence-corrected chi connectivity index (χ0v) is 11.9. The van der Waals surface area contributed by atoms with Crippen LogP contribution in [0.4, 0.5) is 0 Å². The summed E-state index contributed by atoms with van der Waals surface area (Å²) in [7, 11) is 1.58. The van der Waals surface area contributed by atoms with E-state index >= 15 is 0 Å². The van der Waals surface area contributed by atoms with Gasteiger partial charge in [0, 0.05) is 18.8 Å². The van der Waals surface area contributed by atoms with Gasteiger partial charge < -0.3 is 19.5 Å². The fourth-order valence-electron chi connectivity index (χ4n) is 2.01. The topological polar surface area (TPSA) is 88.8 Å². The van der Waals surface area contributed by atoms with Crippen molar-refractivity contribution in [3.63, 3.8) is 0 Å². The molecular formula is C16H15NO5. The van der Waals surface area contributed by atoms with Crippen molar-refractivity contribution in [3.05, 3.63) is 59.9 Å². The minimum atomic E-state index is -1.61. The zero-order chi connectivity index (χ0) is 16.1. The van der Waals surface area contributed by atoms with E-state index in [-0.39, 0.29) is 5.76 Å². The number of aliphatic hydroxyl groups is 1. The molecule has 1 heterocycles. The highest BCUT2D eigenvalue weighted by Crippen LogP contribution is 2.17. The SMILES string of the molecule is COc1cccc(Cn2cccc2C(O)=CC(=O)C(=O)O)c1. The summed E-state index contributed by atoms with van der Waals surface area (Å²) >= 11 is 0. The number of ketones is 1. The summed E-state index contributed by atoms with van der Waals surface area (Å²) in [5, 5.41) is 18.5. The van der Waals surface area contributed by atoms with Crippen LogP contribution in [-0.4, -0.2) is 33.6 Å². The van der Waals surface area contributed by atoms with E-state index in [0.717, 1.165) is 5.56 Å². The Morgan fingerprint density at radius 2 is 2.00 bits per heavy atom. The molecule has 1 aromatic heterocycles. The molecule has 1 aromatic carbocycles. The summed E-state index contributed by atoms with van der Waals surface area (Å²) in [5.74, 6) is -2.46. The molecule has 2 rings (SSSR count). The standard InChI is InChI=1S/C16H15NO5/c1-22-12-5-2-4-11(8-12)10-17-7-3-6-13(17)14(18)9-15(19)16(20)21/h2-9,18H,10H2,1H3,(H,20,21). The summed E-state index contributed by atoms with van der Waals surface area (Å²) in [6.45, 7) is 0.443. The van der Waals surface area contributed by atoms with Crippen LogP contribution in [0.1, 0.15) is 11.3 Å². The predicted molar refractivity (Wildman–Crippen MR) is 79.8 cm³/mol. The van der Waals surface area contributed by atoms with Crippen LogP contribution < -0.4 is 4.74 Å². The Morgan fingerprint density at radius 3 is 2.68 bits per heavy atom. The van der Waals surface area contributed by atoms with Gasteiger partial charge in [-0.3, -0.25) is 4.79 Å². The van der Waals surface area contributed by atoms with Crippen LogP contribution in [-0.2, 0) is 16.1 Å². The van der Waals surface area contributed by atoms with Gasteiger partial charge in [-0.2, -0.15) is 0 Å². The lowest BCUT2D eigenvalue weighted by Crippen LogP contribution is -2.10. The number of hydrogen-bond acceptors (Lipinski definition) is 4. The third kappa shape index (κ3) is 3.54. The van der Waals surface area contributed by atoms with Crippen molar-refractivity contribution in [1.82, 2.24) is 4.57 Å². The number of carboxylic acids is 1. The summed E-state index contributed by atoms with van der Waals surface area (Å²) < 4.78 is 6.85. The Morgan fingerprint density at radius 1 is 1.23 bits per heavy atom. The van der Waals surface area contributed by atoms with Crippen LogP contribution in [0.2, 0.25) is 0 Å². The monoisotopic (exact) mass is 301 g/mol. The molecule has 0 saturated carbocycles. The highest BCUT2D eigenvalue weighted by Gasteiger charge is 2.13. The minimum Gasteiger partial charge on any atom is -0.506 e. The van der Waals surface area contributed by atoms with Crippen LogP contribution in [0.15, 0.2) is 48.7 Å². The van der Waals surface area contributed by atoms with Gasteiger partial charge in [0.25, 0.3) is 5.78 Å². The number of benzene rings is 1. The lowest BCUT2D eigenvalue weighted by Gasteiger charge is -2.10. The number of carbonyl (C=O) groups excluding carboxylic acids is 1. The third-order valence-corrected chi connectivity index (χ3v) is 3.06. The van der Waals surface area contributed by atoms with E-state index in [1.54, 1.807) is 30.0 Å². The van der Waals surface area contributed by atoms with Crippen molar-refractivity contribution < 1.29 is 24.5 Å². The number of nitrogens with zero attached hydrogens (tertiary/aromatic N) is 1. The Bertz CT molecular complexity index is 730. The second kappa shape index (κ2) is 6.62. The highest BCUT2D eigenvalue weighted by atomic mass is 16.5. The van der Waals surface area contributed by atoms with E-state index in [1.807, 2.05) is 24.3 Å². The summed E-state index contributed by atoms with van der Waals surface area (Å²) in [6.07, 6.45) is 2.42. The zero-order valence-electron chi connectivity index (χ0n) is 11.9. The van der Waals surface area contributed by atoms with Crippen molar-refractivity contribution >= 4 is 17.5 Å². The van der Waals surface area contributed by atoms with Crippen LogP contribution in [0.5, 0.6) is 5.75 Å². The fraction of sp³-hybridized carbons (Fsp3) is 0.125. The molecule has 0 unspecified atom stereocenters. The van der Waals surface area contributed by atoms with Gasteiger partial charge >= 0.3 is 5.97 Å². The van der Waals surface area contributed by atoms with E-state index in [9.17, 15) is 14.7 Å². The van der Waals surface area contributed by atoms with Gasteiger partial charge in [0.05, 0.1) is 12.8 Å². The molecule has 0 saturated heterocycles. The summed E-state index contributed by atoms with van der Waals surface area (Å²) in [5.41, 5.74) is 1.30. The smallest absolute Gasteiger partial charge is 0.376 e. The quantitative estimate of drug-likeness (QED) is 0.484. The van der Waals surface area contributed by atoms with Gasteiger partial charge in [-0.25, -0.2) is 4.79 Å². The lowest BCUT2D eigenvalue weighted by atomic mass is 10.2. The number of methoxy groups -OCH3 is 1. The lowest BCUT2D eigenvalue weighted by molar-refractivity contribution is -0.146. The second-order valence-electron chi connectivity index (χ2n) is 4.57. The minimum absolute atomic E-state index is 0.359. The molecule has 0 aliphatic carbocycles. The number of hydrogen-bond donors (Lipinski definition) is 2. The van der Waals surface area contributed by atoms with Gasteiger partial charge in [-0.05, 0) is 29.8 Å². The molecule has 114 valence electrons. The van der Waals surface area contributed by atoms with Crippen molar-refractivity contribution in [2.75, 3.05) is 7.11 Å². The number of aliphatic carboxylic acids is 1. The molecule has 0 aliphatic rings. The van der Waals surface area contributed by atoms with Gasteiger partial charge in [0.1, 0.15) is 11.5 Å². The van der Waals surface area contributed by atoms with Crippen LogP contribution in [0, 0.1) is 0 Å². The summed E-state index contributed by atoms with van der Waals surface area (Å²) in [4.78, 5) is 21.7. The molecule has 6 heteroatoms. The van der Waals surface area contributed by atoms with Gasteiger partial charge in [-0.1, -0.05) is 12.1 Å². The second-order valence-corrected chi connectivity index (χ2v) is 4.57. The fourth-order valence-corrected chi connectivity index (χ4v) is 2.01. The Balaban J connectivity index is 2.26. The number of carboxylic acid groups (broad SMARTS) is 1. The molecule has 0 aliphatic heterocycles. The van der Waals surface area contributed by atoms with Crippen molar-refractivity contribution in [2.45, 2.75) is 6.54 Å². The van der Waals surface area contributed by atoms with Gasteiger partial charge in [0.15, 0.2) is 0 Å². The largest absolute Gasteiger partial charge is 0.506 e. The van der Waals surface area contributed by atoms with Crippen LogP contribution >= 0.6 is 0 Å². The number of carbonyl (C=O) groups is 2.